The third kappa shape index (κ3) is 5.88. The van der Waals surface area contributed by atoms with Crippen LogP contribution in [0.1, 0.15) is 53.9 Å². The van der Waals surface area contributed by atoms with Gasteiger partial charge in [-0.15, -0.1) is 0 Å². The Morgan fingerprint density at radius 2 is 1.81 bits per heavy atom. The van der Waals surface area contributed by atoms with E-state index in [9.17, 15) is 5.11 Å². The summed E-state index contributed by atoms with van der Waals surface area (Å²) in [4.78, 5) is 0. The van der Waals surface area contributed by atoms with Gasteiger partial charge in [0.2, 0.25) is 0 Å². The molecule has 0 aromatic heterocycles. The van der Waals surface area contributed by atoms with Crippen LogP contribution in [0.4, 0.5) is 0 Å². The second-order valence-corrected chi connectivity index (χ2v) is 7.79. The maximum absolute atomic E-state index is 10.3. The summed E-state index contributed by atoms with van der Waals surface area (Å²) in [7, 11) is 2.21. The van der Waals surface area contributed by atoms with Gasteiger partial charge in [-0.1, -0.05) is 27.2 Å². The molecular weight excluding hydrogens is 262 g/mol. The first-order valence-corrected chi connectivity index (χ1v) is 8.94. The average Bonchev–Trinajstić information content (AvgIpc) is 2.44. The molecule has 0 aliphatic heterocycles. The Kier molecular flexibility index (Phi) is 7.66. The molecule has 1 aliphatic rings. The van der Waals surface area contributed by atoms with Crippen LogP contribution < -0.4 is 0 Å². The zero-order valence-corrected chi connectivity index (χ0v) is 15.1. The Bertz CT molecular complexity index is 289. The first-order chi connectivity index (χ1) is 9.81. The summed E-state index contributed by atoms with van der Waals surface area (Å²) in [6.45, 7) is 14.7. The molecule has 4 atom stereocenters. The summed E-state index contributed by atoms with van der Waals surface area (Å²) >= 11 is 0. The van der Waals surface area contributed by atoms with Crippen LogP contribution in [-0.2, 0) is 4.74 Å². The molecule has 3 nitrogen and oxygen atoms in total. The molecule has 0 aromatic rings. The number of quaternary nitrogens is 1. The molecule has 0 spiro atoms. The van der Waals surface area contributed by atoms with E-state index in [1.54, 1.807) is 0 Å². The maximum atomic E-state index is 10.3. The maximum Gasteiger partial charge on any atom is 0.126 e. The zero-order chi connectivity index (χ0) is 16.0. The predicted molar refractivity (Wildman–Crippen MR) is 89.2 cm³/mol. The van der Waals surface area contributed by atoms with Crippen LogP contribution in [0.15, 0.2) is 0 Å². The molecule has 0 saturated heterocycles. The van der Waals surface area contributed by atoms with E-state index in [-0.39, 0.29) is 6.10 Å². The first-order valence-electron chi connectivity index (χ1n) is 8.94. The van der Waals surface area contributed by atoms with Gasteiger partial charge < -0.3 is 14.3 Å². The van der Waals surface area contributed by atoms with Crippen LogP contribution in [0.2, 0.25) is 0 Å². The van der Waals surface area contributed by atoms with Crippen LogP contribution in [0, 0.1) is 17.8 Å². The monoisotopic (exact) mass is 300 g/mol. The van der Waals surface area contributed by atoms with E-state index >= 15 is 0 Å². The Labute approximate surface area is 132 Å². The highest BCUT2D eigenvalue weighted by atomic mass is 16.5. The molecule has 0 amide bonds. The molecule has 3 heteroatoms. The number of likely N-dealkylation sites (N-methyl/N-ethyl adjacent to an activating group) is 1. The van der Waals surface area contributed by atoms with Gasteiger partial charge in [0.1, 0.15) is 12.6 Å². The van der Waals surface area contributed by atoms with Gasteiger partial charge in [-0.25, -0.2) is 0 Å². The molecule has 0 unspecified atom stereocenters. The summed E-state index contributed by atoms with van der Waals surface area (Å²) in [6.07, 6.45) is 3.75. The lowest BCUT2D eigenvalue weighted by Gasteiger charge is -2.38. The molecule has 21 heavy (non-hydrogen) atoms. The van der Waals surface area contributed by atoms with Gasteiger partial charge >= 0.3 is 0 Å². The third-order valence-electron chi connectivity index (χ3n) is 5.64. The number of nitrogens with zero attached hydrogens (tertiary/aromatic N) is 1. The van der Waals surface area contributed by atoms with E-state index in [1.807, 2.05) is 0 Å². The van der Waals surface area contributed by atoms with E-state index in [1.165, 1.54) is 12.8 Å². The fourth-order valence-electron chi connectivity index (χ4n) is 3.58. The van der Waals surface area contributed by atoms with Crippen LogP contribution in [0.3, 0.4) is 0 Å². The molecular formula is C18H38NO2+. The standard InChI is InChI=1S/C18H38NO2/c1-7-19(6,8-2)12-16(20)13-21-18-11-15(5)9-10-17(18)14(3)4/h14-18,20H,7-13H2,1-6H3/q+1/t15-,16-,17+,18-/m0/s1. The molecule has 0 bridgehead atoms. The Balaban J connectivity index is 2.47. The summed E-state index contributed by atoms with van der Waals surface area (Å²) < 4.78 is 7.08. The summed E-state index contributed by atoms with van der Waals surface area (Å²) in [5, 5.41) is 10.3. The summed E-state index contributed by atoms with van der Waals surface area (Å²) in [5.74, 6) is 2.09. The third-order valence-corrected chi connectivity index (χ3v) is 5.64. The average molecular weight is 301 g/mol. The molecule has 1 fully saturated rings. The Morgan fingerprint density at radius 3 is 2.33 bits per heavy atom. The highest BCUT2D eigenvalue weighted by Gasteiger charge is 2.32. The van der Waals surface area contributed by atoms with E-state index in [0.29, 0.717) is 24.5 Å². The number of aliphatic hydroxyl groups is 1. The van der Waals surface area contributed by atoms with Gasteiger partial charge in [0, 0.05) is 0 Å². The number of hydrogen-bond donors (Lipinski definition) is 1. The Hall–Kier alpha value is -0.120. The molecule has 1 aliphatic carbocycles. The molecule has 1 saturated carbocycles. The number of hydrogen-bond acceptors (Lipinski definition) is 2. The lowest BCUT2D eigenvalue weighted by atomic mass is 9.75. The topological polar surface area (TPSA) is 29.5 Å². The molecule has 126 valence electrons. The second-order valence-electron chi connectivity index (χ2n) is 7.79. The van der Waals surface area contributed by atoms with E-state index < -0.39 is 0 Å². The number of aliphatic hydroxyl groups excluding tert-OH is 1. The lowest BCUT2D eigenvalue weighted by molar-refractivity contribution is -0.909. The summed E-state index contributed by atoms with van der Waals surface area (Å²) in [6, 6.07) is 0. The van der Waals surface area contributed by atoms with Gasteiger partial charge in [0.15, 0.2) is 0 Å². The largest absolute Gasteiger partial charge is 0.385 e. The minimum absolute atomic E-state index is 0.338. The van der Waals surface area contributed by atoms with Gasteiger partial charge in [-0.3, -0.25) is 0 Å². The van der Waals surface area contributed by atoms with Gasteiger partial charge in [-0.05, 0) is 44.4 Å². The highest BCUT2D eigenvalue weighted by molar-refractivity contribution is 4.81. The number of ether oxygens (including phenoxy) is 1. The van der Waals surface area contributed by atoms with Crippen molar-refractivity contribution in [3.63, 3.8) is 0 Å². The van der Waals surface area contributed by atoms with Crippen molar-refractivity contribution in [3.8, 4) is 0 Å². The number of rotatable bonds is 8. The highest BCUT2D eigenvalue weighted by Crippen LogP contribution is 2.35. The van der Waals surface area contributed by atoms with Crippen molar-refractivity contribution in [2.24, 2.45) is 17.8 Å². The SMILES string of the molecule is CC[N+](C)(CC)C[C@H](O)CO[C@H]1C[C@@H](C)CC[C@@H]1C(C)C. The van der Waals surface area contributed by atoms with Crippen molar-refractivity contribution >= 4 is 0 Å². The fourth-order valence-corrected chi connectivity index (χ4v) is 3.58. The molecule has 0 radical (unpaired) electrons. The van der Waals surface area contributed by atoms with Gasteiger partial charge in [-0.2, -0.15) is 0 Å². The van der Waals surface area contributed by atoms with Crippen LogP contribution >= 0.6 is 0 Å². The molecule has 1 N–H and O–H groups in total. The first kappa shape index (κ1) is 18.9. The lowest BCUT2D eigenvalue weighted by Crippen LogP contribution is -2.50. The van der Waals surface area contributed by atoms with Crippen molar-refractivity contribution in [1.29, 1.82) is 0 Å². The van der Waals surface area contributed by atoms with Gasteiger partial charge in [0.25, 0.3) is 0 Å². The van der Waals surface area contributed by atoms with Crippen molar-refractivity contribution in [2.45, 2.75) is 66.1 Å². The van der Waals surface area contributed by atoms with Crippen molar-refractivity contribution in [3.05, 3.63) is 0 Å². The van der Waals surface area contributed by atoms with Crippen molar-refractivity contribution in [2.75, 3.05) is 33.3 Å². The van der Waals surface area contributed by atoms with Crippen molar-refractivity contribution < 1.29 is 14.3 Å². The van der Waals surface area contributed by atoms with Gasteiger partial charge in [0.05, 0.1) is 32.8 Å². The minimum Gasteiger partial charge on any atom is -0.385 e. The smallest absolute Gasteiger partial charge is 0.126 e. The fraction of sp³-hybridized carbons (Fsp3) is 1.00. The molecule has 0 heterocycles. The minimum atomic E-state index is -0.347. The summed E-state index contributed by atoms with van der Waals surface area (Å²) in [5.41, 5.74) is 0. The second kappa shape index (κ2) is 8.50. The normalized spacial score (nSPS) is 28.9. The van der Waals surface area contributed by atoms with Crippen molar-refractivity contribution in [1.82, 2.24) is 0 Å². The van der Waals surface area contributed by atoms with E-state index in [0.717, 1.165) is 36.5 Å². The van der Waals surface area contributed by atoms with E-state index in [4.69, 9.17) is 4.74 Å². The van der Waals surface area contributed by atoms with Crippen LogP contribution in [0.25, 0.3) is 0 Å². The van der Waals surface area contributed by atoms with Crippen LogP contribution in [-0.4, -0.2) is 55.1 Å². The molecule has 1 rings (SSSR count). The zero-order valence-electron chi connectivity index (χ0n) is 15.1. The van der Waals surface area contributed by atoms with E-state index in [2.05, 4.69) is 41.7 Å². The quantitative estimate of drug-likeness (QED) is 0.697. The predicted octanol–water partition coefficient (Wildman–Crippen LogP) is 3.31. The molecule has 0 aromatic carbocycles. The van der Waals surface area contributed by atoms with Crippen LogP contribution in [0.5, 0.6) is 0 Å². The Morgan fingerprint density at radius 1 is 1.19 bits per heavy atom.